The van der Waals surface area contributed by atoms with Crippen LogP contribution in [0.3, 0.4) is 0 Å². The number of halogens is 5. The third kappa shape index (κ3) is 7.07. The molecule has 4 heterocycles. The number of hydrogen-bond donors (Lipinski definition) is 0. The first-order valence-corrected chi connectivity index (χ1v) is 15.9. The Morgan fingerprint density at radius 2 is 1.20 bits per heavy atom. The SMILES string of the molecule is Fc1cccc(C2c3nnnn3CCN2Cc2cccc(F)c2F)c1.Fc1cccc(CN2CCn3nnnc3C2c2ccc(Cl)cc2)c1. The van der Waals surface area contributed by atoms with Crippen LogP contribution in [0.15, 0.2) is 91.0 Å². The minimum absolute atomic E-state index is 0.0886. The van der Waals surface area contributed by atoms with Gasteiger partial charge in [0.1, 0.15) is 11.6 Å². The number of aromatic nitrogens is 8. The Hall–Kier alpha value is -5.05. The second-order valence-electron chi connectivity index (χ2n) is 11.7. The average Bonchev–Trinajstić information content (AvgIpc) is 3.78. The number of fused-ring (bicyclic) bond motifs is 2. The molecule has 2 aliphatic rings. The zero-order valence-corrected chi connectivity index (χ0v) is 26.7. The van der Waals surface area contributed by atoms with Gasteiger partial charge >= 0.3 is 0 Å². The quantitative estimate of drug-likeness (QED) is 0.204. The van der Waals surface area contributed by atoms with E-state index in [0.29, 0.717) is 42.6 Å². The van der Waals surface area contributed by atoms with Gasteiger partial charge in [-0.15, -0.1) is 10.2 Å². The molecule has 0 aliphatic carbocycles. The summed E-state index contributed by atoms with van der Waals surface area (Å²) in [6.45, 7) is 3.32. The van der Waals surface area contributed by atoms with Crippen molar-refractivity contribution in [1.82, 2.24) is 50.2 Å². The molecule has 4 aromatic carbocycles. The molecule has 250 valence electrons. The van der Waals surface area contributed by atoms with Crippen LogP contribution in [-0.2, 0) is 26.2 Å². The molecule has 0 bridgehead atoms. The highest BCUT2D eigenvalue weighted by Gasteiger charge is 2.33. The summed E-state index contributed by atoms with van der Waals surface area (Å²) >= 11 is 6.01. The summed E-state index contributed by atoms with van der Waals surface area (Å²) in [4.78, 5) is 4.17. The predicted molar refractivity (Wildman–Crippen MR) is 171 cm³/mol. The highest BCUT2D eigenvalue weighted by Crippen LogP contribution is 2.33. The molecule has 2 unspecified atom stereocenters. The van der Waals surface area contributed by atoms with Crippen molar-refractivity contribution in [2.75, 3.05) is 13.1 Å². The van der Waals surface area contributed by atoms with Gasteiger partial charge in [-0.2, -0.15) is 0 Å². The maximum absolute atomic E-state index is 14.1. The molecule has 8 rings (SSSR count). The third-order valence-electron chi connectivity index (χ3n) is 8.57. The van der Waals surface area contributed by atoms with Gasteiger partial charge in [0.25, 0.3) is 0 Å². The maximum atomic E-state index is 14.1. The Balaban J connectivity index is 0.000000154. The summed E-state index contributed by atoms with van der Waals surface area (Å²) in [5.41, 5.74) is 2.89. The number of tetrazole rings is 2. The lowest BCUT2D eigenvalue weighted by atomic mass is 10.0. The molecule has 0 amide bonds. The van der Waals surface area contributed by atoms with Crippen molar-refractivity contribution in [3.8, 4) is 0 Å². The van der Waals surface area contributed by atoms with E-state index in [0.717, 1.165) is 29.6 Å². The van der Waals surface area contributed by atoms with Crippen LogP contribution in [0.5, 0.6) is 0 Å². The molecular formula is C34H29ClF4N10. The summed E-state index contributed by atoms with van der Waals surface area (Å²) in [5.74, 6) is -1.02. The fourth-order valence-corrected chi connectivity index (χ4v) is 6.43. The highest BCUT2D eigenvalue weighted by atomic mass is 35.5. The summed E-state index contributed by atoms with van der Waals surface area (Å²) in [6.07, 6.45) is 0. The van der Waals surface area contributed by atoms with Crippen LogP contribution in [0.2, 0.25) is 5.02 Å². The van der Waals surface area contributed by atoms with E-state index in [1.54, 1.807) is 35.0 Å². The molecule has 0 radical (unpaired) electrons. The highest BCUT2D eigenvalue weighted by molar-refractivity contribution is 6.30. The van der Waals surface area contributed by atoms with Crippen molar-refractivity contribution in [2.24, 2.45) is 0 Å². The van der Waals surface area contributed by atoms with Crippen molar-refractivity contribution in [3.05, 3.63) is 153 Å². The van der Waals surface area contributed by atoms with Gasteiger partial charge in [-0.25, -0.2) is 26.9 Å². The first kappa shape index (κ1) is 32.5. The molecule has 49 heavy (non-hydrogen) atoms. The average molecular weight is 689 g/mol. The smallest absolute Gasteiger partial charge is 0.173 e. The molecule has 2 aliphatic heterocycles. The summed E-state index contributed by atoms with van der Waals surface area (Å²) < 4.78 is 58.3. The van der Waals surface area contributed by atoms with Crippen LogP contribution >= 0.6 is 11.6 Å². The van der Waals surface area contributed by atoms with Gasteiger partial charge in [-0.3, -0.25) is 9.80 Å². The Morgan fingerprint density at radius 1 is 0.612 bits per heavy atom. The molecule has 0 N–H and O–H groups in total. The number of benzene rings is 4. The van der Waals surface area contributed by atoms with E-state index in [4.69, 9.17) is 11.6 Å². The van der Waals surface area contributed by atoms with E-state index in [1.807, 2.05) is 39.9 Å². The van der Waals surface area contributed by atoms with E-state index >= 15 is 0 Å². The number of rotatable bonds is 6. The fourth-order valence-electron chi connectivity index (χ4n) is 6.31. The standard InChI is InChI=1S/C17H15ClFN5.C17H14F3N5/c18-14-6-4-13(5-7-14)16-17-20-21-22-24(17)9-8-23(16)11-12-2-1-3-15(19)10-12;18-13-5-1-3-11(9-13)16-17-21-22-23-25(17)8-7-24(16)10-12-4-2-6-14(19)15(12)20/h1-7,10,16H,8-9,11H2;1-6,9,16H,7-8,10H2. The minimum atomic E-state index is -0.887. The molecule has 2 atom stereocenters. The van der Waals surface area contributed by atoms with E-state index in [1.165, 1.54) is 24.3 Å². The van der Waals surface area contributed by atoms with Crippen LogP contribution in [0, 0.1) is 23.3 Å². The number of hydrogen-bond acceptors (Lipinski definition) is 8. The second kappa shape index (κ2) is 14.2. The Bertz CT molecular complexity index is 2050. The van der Waals surface area contributed by atoms with Crippen LogP contribution in [-0.4, -0.2) is 63.3 Å². The fraction of sp³-hybridized carbons (Fsp3) is 0.235. The third-order valence-corrected chi connectivity index (χ3v) is 8.82. The van der Waals surface area contributed by atoms with Crippen molar-refractivity contribution < 1.29 is 17.6 Å². The van der Waals surface area contributed by atoms with Crippen molar-refractivity contribution in [3.63, 3.8) is 0 Å². The van der Waals surface area contributed by atoms with Gasteiger partial charge in [-0.05, 0) is 80.0 Å². The Morgan fingerprint density at radius 3 is 1.86 bits per heavy atom. The van der Waals surface area contributed by atoms with Crippen LogP contribution in [0.1, 0.15) is 46.0 Å². The number of nitrogens with zero attached hydrogens (tertiary/aromatic N) is 10. The molecule has 2 aromatic heterocycles. The van der Waals surface area contributed by atoms with Crippen molar-refractivity contribution in [2.45, 2.75) is 38.3 Å². The lowest BCUT2D eigenvalue weighted by molar-refractivity contribution is 0.161. The zero-order valence-electron chi connectivity index (χ0n) is 25.9. The molecule has 10 nitrogen and oxygen atoms in total. The topological polar surface area (TPSA) is 93.7 Å². The monoisotopic (exact) mass is 688 g/mol. The summed E-state index contributed by atoms with van der Waals surface area (Å²) in [5, 5.41) is 24.4. The van der Waals surface area contributed by atoms with Crippen LogP contribution < -0.4 is 0 Å². The first-order chi connectivity index (χ1) is 23.8. The lowest BCUT2D eigenvalue weighted by Crippen LogP contribution is -2.39. The van der Waals surface area contributed by atoms with E-state index < -0.39 is 17.7 Å². The Labute approximate surface area is 283 Å². The molecule has 0 saturated carbocycles. The molecule has 6 aromatic rings. The van der Waals surface area contributed by atoms with E-state index in [9.17, 15) is 17.6 Å². The van der Waals surface area contributed by atoms with Gasteiger partial charge in [0, 0.05) is 36.8 Å². The molecule has 0 saturated heterocycles. The lowest BCUT2D eigenvalue weighted by Gasteiger charge is -2.35. The van der Waals surface area contributed by atoms with Crippen molar-refractivity contribution in [1.29, 1.82) is 0 Å². The zero-order chi connectivity index (χ0) is 33.9. The normalized spacial score (nSPS) is 17.6. The first-order valence-electron chi connectivity index (χ1n) is 15.5. The van der Waals surface area contributed by atoms with Gasteiger partial charge in [0.2, 0.25) is 0 Å². The summed E-state index contributed by atoms with van der Waals surface area (Å²) in [7, 11) is 0. The van der Waals surface area contributed by atoms with E-state index in [2.05, 4.69) is 36.0 Å². The Kier molecular flexibility index (Phi) is 9.42. The molecule has 0 fully saturated rings. The van der Waals surface area contributed by atoms with Gasteiger partial charge in [0.05, 0.1) is 25.2 Å². The van der Waals surface area contributed by atoms with Gasteiger partial charge in [-0.1, -0.05) is 60.1 Å². The largest absolute Gasteiger partial charge is 0.284 e. The summed E-state index contributed by atoms with van der Waals surface area (Å²) in [6, 6.07) is 24.1. The molecule has 15 heteroatoms. The molecule has 0 spiro atoms. The predicted octanol–water partition coefficient (Wildman–Crippen LogP) is 5.77. The maximum Gasteiger partial charge on any atom is 0.173 e. The van der Waals surface area contributed by atoms with Crippen LogP contribution in [0.4, 0.5) is 17.6 Å². The van der Waals surface area contributed by atoms with Crippen LogP contribution in [0.25, 0.3) is 0 Å². The van der Waals surface area contributed by atoms with Gasteiger partial charge < -0.3 is 0 Å². The minimum Gasteiger partial charge on any atom is -0.284 e. The second-order valence-corrected chi connectivity index (χ2v) is 12.2. The molecular weight excluding hydrogens is 660 g/mol. The van der Waals surface area contributed by atoms with E-state index in [-0.39, 0.29) is 29.8 Å². The van der Waals surface area contributed by atoms with Gasteiger partial charge in [0.15, 0.2) is 23.3 Å². The van der Waals surface area contributed by atoms with Crippen molar-refractivity contribution >= 4 is 11.6 Å².